The first-order valence-electron chi connectivity index (χ1n) is 6.15. The second-order valence-electron chi connectivity index (χ2n) is 4.51. The zero-order valence-corrected chi connectivity index (χ0v) is 11.9. The summed E-state index contributed by atoms with van der Waals surface area (Å²) in [6.45, 7) is 1.12. The first-order chi connectivity index (χ1) is 9.15. The predicted molar refractivity (Wildman–Crippen MR) is 73.7 cm³/mol. The standard InChI is InChI=1S/C12H18N4O2S/c1-13-11(17)5-10-7-15(12(18)8-19-2)6-9-3-4-14-16(9)10/h3-4,10H,5-8H2,1-2H3,(H,13,17). The molecule has 1 aromatic rings. The second-order valence-corrected chi connectivity index (χ2v) is 5.37. The third kappa shape index (κ3) is 3.09. The molecule has 2 amide bonds. The number of fused-ring (bicyclic) bond motifs is 1. The van der Waals surface area contributed by atoms with Gasteiger partial charge in [0, 0.05) is 19.8 Å². The Morgan fingerprint density at radius 2 is 2.37 bits per heavy atom. The van der Waals surface area contributed by atoms with Crippen molar-refractivity contribution in [1.29, 1.82) is 0 Å². The molecule has 104 valence electrons. The zero-order valence-electron chi connectivity index (χ0n) is 11.1. The van der Waals surface area contributed by atoms with Gasteiger partial charge in [-0.25, -0.2) is 0 Å². The van der Waals surface area contributed by atoms with Gasteiger partial charge in [-0.1, -0.05) is 0 Å². The van der Waals surface area contributed by atoms with Crippen molar-refractivity contribution in [2.24, 2.45) is 0 Å². The van der Waals surface area contributed by atoms with Crippen LogP contribution in [-0.2, 0) is 16.1 Å². The summed E-state index contributed by atoms with van der Waals surface area (Å²) in [7, 11) is 1.62. The molecule has 0 aromatic carbocycles. The zero-order chi connectivity index (χ0) is 13.8. The van der Waals surface area contributed by atoms with Crippen LogP contribution in [0.3, 0.4) is 0 Å². The number of aromatic nitrogens is 2. The van der Waals surface area contributed by atoms with Crippen LogP contribution >= 0.6 is 11.8 Å². The van der Waals surface area contributed by atoms with E-state index < -0.39 is 0 Å². The van der Waals surface area contributed by atoms with E-state index in [9.17, 15) is 9.59 Å². The molecule has 6 nitrogen and oxygen atoms in total. The highest BCUT2D eigenvalue weighted by atomic mass is 32.2. The van der Waals surface area contributed by atoms with Crippen molar-refractivity contribution in [3.63, 3.8) is 0 Å². The topological polar surface area (TPSA) is 67.2 Å². The first kappa shape index (κ1) is 13.9. The number of nitrogens with zero attached hydrogens (tertiary/aromatic N) is 3. The molecule has 0 fully saturated rings. The average Bonchev–Trinajstić information content (AvgIpc) is 2.87. The lowest BCUT2D eigenvalue weighted by Gasteiger charge is -2.33. The van der Waals surface area contributed by atoms with Crippen LogP contribution in [0.15, 0.2) is 12.3 Å². The molecule has 1 atom stereocenters. The molecule has 19 heavy (non-hydrogen) atoms. The van der Waals surface area contributed by atoms with Gasteiger partial charge < -0.3 is 10.2 Å². The van der Waals surface area contributed by atoms with Gasteiger partial charge in [-0.15, -0.1) is 0 Å². The van der Waals surface area contributed by atoms with Crippen LogP contribution in [0, 0.1) is 0 Å². The van der Waals surface area contributed by atoms with Crippen LogP contribution in [0.1, 0.15) is 18.2 Å². The molecule has 2 rings (SSSR count). The summed E-state index contributed by atoms with van der Waals surface area (Å²) in [5.41, 5.74) is 0.981. The Morgan fingerprint density at radius 3 is 3.05 bits per heavy atom. The number of hydrogen-bond donors (Lipinski definition) is 1. The molecule has 2 heterocycles. The van der Waals surface area contributed by atoms with Gasteiger partial charge in [0.05, 0.1) is 30.5 Å². The molecule has 0 saturated carbocycles. The van der Waals surface area contributed by atoms with Crippen molar-refractivity contribution in [3.05, 3.63) is 18.0 Å². The molecule has 0 radical (unpaired) electrons. The van der Waals surface area contributed by atoms with Crippen LogP contribution in [0.5, 0.6) is 0 Å². The smallest absolute Gasteiger partial charge is 0.232 e. The Hall–Kier alpha value is -1.50. The molecule has 0 saturated heterocycles. The van der Waals surface area contributed by atoms with E-state index in [0.717, 1.165) is 5.69 Å². The molecule has 0 bridgehead atoms. The Bertz CT molecular complexity index is 474. The van der Waals surface area contributed by atoms with E-state index in [1.807, 2.05) is 17.0 Å². The van der Waals surface area contributed by atoms with Crippen molar-refractivity contribution in [2.75, 3.05) is 25.6 Å². The fourth-order valence-corrected chi connectivity index (χ4v) is 2.69. The highest BCUT2D eigenvalue weighted by Gasteiger charge is 2.29. The summed E-state index contributed by atoms with van der Waals surface area (Å²) >= 11 is 1.51. The van der Waals surface area contributed by atoms with Crippen LogP contribution in [0.25, 0.3) is 0 Å². The van der Waals surface area contributed by atoms with Gasteiger partial charge in [-0.05, 0) is 12.3 Å². The molecular formula is C12H18N4O2S. The molecule has 0 aliphatic carbocycles. The van der Waals surface area contributed by atoms with Gasteiger partial charge in [-0.3, -0.25) is 14.3 Å². The largest absolute Gasteiger partial charge is 0.359 e. The van der Waals surface area contributed by atoms with Crippen LogP contribution < -0.4 is 5.32 Å². The summed E-state index contributed by atoms with van der Waals surface area (Å²) in [5, 5.41) is 6.88. The number of carbonyl (C=O) groups is 2. The van der Waals surface area contributed by atoms with E-state index in [2.05, 4.69) is 10.4 Å². The Kier molecular flexibility index (Phi) is 4.47. The number of hydrogen-bond acceptors (Lipinski definition) is 4. The van der Waals surface area contributed by atoms with Gasteiger partial charge in [-0.2, -0.15) is 16.9 Å². The van der Waals surface area contributed by atoms with Crippen molar-refractivity contribution in [2.45, 2.75) is 19.0 Å². The number of thioether (sulfide) groups is 1. The van der Waals surface area contributed by atoms with Crippen molar-refractivity contribution in [1.82, 2.24) is 20.0 Å². The minimum atomic E-state index is -0.0792. The van der Waals surface area contributed by atoms with Crippen LogP contribution in [-0.4, -0.2) is 52.1 Å². The number of rotatable bonds is 4. The predicted octanol–water partition coefficient (Wildman–Crippen LogP) is 0.265. The molecule has 7 heteroatoms. The molecular weight excluding hydrogens is 264 g/mol. The lowest BCUT2D eigenvalue weighted by atomic mass is 10.1. The Labute approximate surface area is 116 Å². The fraction of sp³-hybridized carbons (Fsp3) is 0.583. The van der Waals surface area contributed by atoms with E-state index in [0.29, 0.717) is 25.3 Å². The first-order valence-corrected chi connectivity index (χ1v) is 7.54. The molecule has 1 aliphatic heterocycles. The molecule has 1 unspecified atom stereocenters. The molecule has 1 aromatic heterocycles. The quantitative estimate of drug-likeness (QED) is 0.860. The Balaban J connectivity index is 2.15. The van der Waals surface area contributed by atoms with Crippen molar-refractivity contribution >= 4 is 23.6 Å². The number of nitrogens with one attached hydrogen (secondary N) is 1. The second kappa shape index (κ2) is 6.10. The maximum Gasteiger partial charge on any atom is 0.232 e. The summed E-state index contributed by atoms with van der Waals surface area (Å²) in [5.74, 6) is 0.549. The van der Waals surface area contributed by atoms with E-state index >= 15 is 0 Å². The fourth-order valence-electron chi connectivity index (χ4n) is 2.26. The van der Waals surface area contributed by atoms with Gasteiger partial charge in [0.25, 0.3) is 0 Å². The minimum Gasteiger partial charge on any atom is -0.359 e. The summed E-state index contributed by atoms with van der Waals surface area (Å²) in [6.07, 6.45) is 3.97. The average molecular weight is 282 g/mol. The highest BCUT2D eigenvalue weighted by molar-refractivity contribution is 7.99. The van der Waals surface area contributed by atoms with Crippen molar-refractivity contribution in [3.8, 4) is 0 Å². The third-order valence-electron chi connectivity index (χ3n) is 3.20. The minimum absolute atomic E-state index is 0.0365. The van der Waals surface area contributed by atoms with Gasteiger partial charge in [0.15, 0.2) is 0 Å². The normalized spacial score (nSPS) is 18.0. The number of amides is 2. The van der Waals surface area contributed by atoms with Gasteiger partial charge >= 0.3 is 0 Å². The van der Waals surface area contributed by atoms with E-state index in [1.165, 1.54) is 11.8 Å². The van der Waals surface area contributed by atoms with Crippen LogP contribution in [0.2, 0.25) is 0 Å². The van der Waals surface area contributed by atoms with E-state index in [1.54, 1.807) is 18.1 Å². The molecule has 1 N–H and O–H groups in total. The van der Waals surface area contributed by atoms with Gasteiger partial charge in [0.1, 0.15) is 0 Å². The Morgan fingerprint density at radius 1 is 1.58 bits per heavy atom. The highest BCUT2D eigenvalue weighted by Crippen LogP contribution is 2.23. The lowest BCUT2D eigenvalue weighted by Crippen LogP contribution is -2.43. The monoisotopic (exact) mass is 282 g/mol. The van der Waals surface area contributed by atoms with Crippen LogP contribution in [0.4, 0.5) is 0 Å². The van der Waals surface area contributed by atoms with Gasteiger partial charge in [0.2, 0.25) is 11.8 Å². The SMILES string of the molecule is CNC(=O)CC1CN(C(=O)CSC)Cc2ccnn21. The maximum atomic E-state index is 12.0. The van der Waals surface area contributed by atoms with Crippen molar-refractivity contribution < 1.29 is 9.59 Å². The van der Waals surface area contributed by atoms with E-state index in [-0.39, 0.29) is 17.9 Å². The third-order valence-corrected chi connectivity index (χ3v) is 3.74. The molecule has 1 aliphatic rings. The molecule has 0 spiro atoms. The van der Waals surface area contributed by atoms with E-state index in [4.69, 9.17) is 0 Å². The maximum absolute atomic E-state index is 12.0. The summed E-state index contributed by atoms with van der Waals surface area (Å²) < 4.78 is 1.86. The summed E-state index contributed by atoms with van der Waals surface area (Å²) in [6, 6.07) is 1.82. The lowest BCUT2D eigenvalue weighted by molar-refractivity contribution is -0.131. The number of carbonyl (C=O) groups excluding carboxylic acids is 2. The summed E-state index contributed by atoms with van der Waals surface area (Å²) in [4.78, 5) is 25.4.